The summed E-state index contributed by atoms with van der Waals surface area (Å²) in [5, 5.41) is 6.10. The van der Waals surface area contributed by atoms with Gasteiger partial charge in [0.25, 0.3) is 0 Å². The van der Waals surface area contributed by atoms with Crippen molar-refractivity contribution in [3.63, 3.8) is 0 Å². The van der Waals surface area contributed by atoms with E-state index in [4.69, 9.17) is 9.51 Å². The Morgan fingerprint density at radius 1 is 1.22 bits per heavy atom. The van der Waals surface area contributed by atoms with E-state index in [1.54, 1.807) is 11.3 Å². The van der Waals surface area contributed by atoms with Crippen LogP contribution >= 0.6 is 11.3 Å². The van der Waals surface area contributed by atoms with Gasteiger partial charge < -0.3 is 9.42 Å². The molecule has 0 unspecified atom stereocenters. The Bertz CT molecular complexity index is 833. The molecule has 0 amide bonds. The van der Waals surface area contributed by atoms with E-state index < -0.39 is 0 Å². The minimum absolute atomic E-state index is 0.721. The number of aryl methyl sites for hydroxylation is 2. The lowest BCUT2D eigenvalue weighted by atomic mass is 10.1. The van der Waals surface area contributed by atoms with E-state index in [-0.39, 0.29) is 0 Å². The number of hydrogen-bond donors (Lipinski definition) is 0. The molecule has 1 saturated heterocycles. The maximum atomic E-state index is 5.46. The first-order valence-electron chi connectivity index (χ1n) is 7.82. The van der Waals surface area contributed by atoms with E-state index in [0.29, 0.717) is 0 Å². The van der Waals surface area contributed by atoms with E-state index in [1.807, 2.05) is 19.2 Å². The zero-order valence-electron chi connectivity index (χ0n) is 13.2. The fourth-order valence-electron chi connectivity index (χ4n) is 2.90. The molecular formula is C17H18N4OS. The van der Waals surface area contributed by atoms with Gasteiger partial charge in [-0.1, -0.05) is 5.16 Å². The molecule has 1 fully saturated rings. The quantitative estimate of drug-likeness (QED) is 0.726. The van der Waals surface area contributed by atoms with Crippen LogP contribution in [-0.4, -0.2) is 28.2 Å². The van der Waals surface area contributed by atoms with Gasteiger partial charge in [0, 0.05) is 25.4 Å². The first-order valence-corrected chi connectivity index (χ1v) is 8.70. The van der Waals surface area contributed by atoms with Gasteiger partial charge in [0.05, 0.1) is 21.8 Å². The molecule has 4 heterocycles. The van der Waals surface area contributed by atoms with E-state index in [2.05, 4.69) is 33.4 Å². The molecule has 0 spiro atoms. The summed E-state index contributed by atoms with van der Waals surface area (Å²) < 4.78 is 5.46. The fraction of sp³-hybridized carbons (Fsp3) is 0.353. The minimum atomic E-state index is 0.721. The molecule has 0 bridgehead atoms. The van der Waals surface area contributed by atoms with Crippen molar-refractivity contribution >= 4 is 17.3 Å². The van der Waals surface area contributed by atoms with Crippen LogP contribution in [0.1, 0.15) is 24.1 Å². The highest BCUT2D eigenvalue weighted by molar-refractivity contribution is 7.13. The molecule has 3 aromatic heterocycles. The van der Waals surface area contributed by atoms with Crippen LogP contribution in [0.5, 0.6) is 0 Å². The largest absolute Gasteiger partial charge is 0.356 e. The summed E-state index contributed by atoms with van der Waals surface area (Å²) in [7, 11) is 0. The Morgan fingerprint density at radius 2 is 2.04 bits per heavy atom. The van der Waals surface area contributed by atoms with Crippen LogP contribution in [0.2, 0.25) is 0 Å². The Hall–Kier alpha value is -2.21. The number of nitrogens with zero attached hydrogens (tertiary/aromatic N) is 4. The van der Waals surface area contributed by atoms with E-state index in [1.165, 1.54) is 18.4 Å². The van der Waals surface area contributed by atoms with Crippen LogP contribution < -0.4 is 4.90 Å². The van der Waals surface area contributed by atoms with Crippen molar-refractivity contribution in [1.29, 1.82) is 0 Å². The molecule has 0 saturated carbocycles. The normalized spacial score (nSPS) is 14.6. The summed E-state index contributed by atoms with van der Waals surface area (Å²) in [5.74, 6) is 1.53. The molecule has 0 radical (unpaired) electrons. The maximum absolute atomic E-state index is 5.46. The molecule has 0 aromatic carbocycles. The van der Waals surface area contributed by atoms with Crippen molar-refractivity contribution in [3.05, 3.63) is 35.0 Å². The predicted octanol–water partition coefficient (Wildman–Crippen LogP) is 4.08. The highest BCUT2D eigenvalue weighted by atomic mass is 32.1. The summed E-state index contributed by atoms with van der Waals surface area (Å²) in [5.41, 5.74) is 3.92. The third-order valence-corrected chi connectivity index (χ3v) is 5.16. The summed E-state index contributed by atoms with van der Waals surface area (Å²) >= 11 is 1.70. The predicted molar refractivity (Wildman–Crippen MR) is 91.8 cm³/mol. The van der Waals surface area contributed by atoms with Crippen LogP contribution in [0.25, 0.3) is 21.9 Å². The standard InChI is InChI=1S/C17H18N4OS/c1-11-5-8-23-16(11)15-13(14-9-12(2)20-22-14)10-18-17(19-15)21-6-3-4-7-21/h5,8-10H,3-4,6-7H2,1-2H3. The molecule has 5 nitrogen and oxygen atoms in total. The van der Waals surface area contributed by atoms with Crippen LogP contribution in [0, 0.1) is 13.8 Å². The average Bonchev–Trinajstić information content (AvgIpc) is 3.28. The zero-order valence-corrected chi connectivity index (χ0v) is 14.1. The topological polar surface area (TPSA) is 55.1 Å². The maximum Gasteiger partial charge on any atom is 0.225 e. The third-order valence-electron chi connectivity index (χ3n) is 4.14. The molecule has 1 aliphatic heterocycles. The number of thiophene rings is 1. The van der Waals surface area contributed by atoms with Crippen molar-refractivity contribution in [2.24, 2.45) is 0 Å². The van der Waals surface area contributed by atoms with Crippen LogP contribution in [-0.2, 0) is 0 Å². The first-order chi connectivity index (χ1) is 11.2. The second-order valence-electron chi connectivity index (χ2n) is 5.89. The average molecular weight is 326 g/mol. The molecule has 0 N–H and O–H groups in total. The van der Waals surface area contributed by atoms with Crippen molar-refractivity contribution < 1.29 is 4.52 Å². The van der Waals surface area contributed by atoms with Crippen molar-refractivity contribution in [2.45, 2.75) is 26.7 Å². The van der Waals surface area contributed by atoms with Gasteiger partial charge in [-0.05, 0) is 43.7 Å². The molecule has 3 aromatic rings. The third kappa shape index (κ3) is 2.63. The lowest BCUT2D eigenvalue weighted by molar-refractivity contribution is 0.427. The van der Waals surface area contributed by atoms with Crippen molar-refractivity contribution in [2.75, 3.05) is 18.0 Å². The molecule has 4 rings (SSSR count). The van der Waals surface area contributed by atoms with Crippen LogP contribution in [0.4, 0.5) is 5.95 Å². The van der Waals surface area contributed by atoms with E-state index in [0.717, 1.165) is 46.6 Å². The Labute approximate surface area is 139 Å². The number of rotatable bonds is 3. The van der Waals surface area contributed by atoms with Crippen LogP contribution in [0.15, 0.2) is 28.2 Å². The van der Waals surface area contributed by atoms with Gasteiger partial charge in [-0.15, -0.1) is 11.3 Å². The lowest BCUT2D eigenvalue weighted by Crippen LogP contribution is -2.20. The molecule has 118 valence electrons. The van der Waals surface area contributed by atoms with Gasteiger partial charge in [-0.25, -0.2) is 9.97 Å². The Kier molecular flexibility index (Phi) is 3.61. The number of anilines is 1. The highest BCUT2D eigenvalue weighted by Gasteiger charge is 2.21. The van der Waals surface area contributed by atoms with Gasteiger partial charge >= 0.3 is 0 Å². The summed E-state index contributed by atoms with van der Waals surface area (Å²) in [6.45, 7) is 6.09. The smallest absolute Gasteiger partial charge is 0.225 e. The Balaban J connectivity index is 1.86. The minimum Gasteiger partial charge on any atom is -0.356 e. The molecular weight excluding hydrogens is 308 g/mol. The van der Waals surface area contributed by atoms with Gasteiger partial charge in [-0.3, -0.25) is 0 Å². The zero-order chi connectivity index (χ0) is 15.8. The lowest BCUT2D eigenvalue weighted by Gasteiger charge is -2.16. The molecule has 23 heavy (non-hydrogen) atoms. The molecule has 0 aliphatic carbocycles. The fourth-order valence-corrected chi connectivity index (χ4v) is 3.83. The van der Waals surface area contributed by atoms with Crippen molar-refractivity contribution in [3.8, 4) is 21.9 Å². The molecule has 0 atom stereocenters. The van der Waals surface area contributed by atoms with Crippen LogP contribution in [0.3, 0.4) is 0 Å². The Morgan fingerprint density at radius 3 is 2.70 bits per heavy atom. The van der Waals surface area contributed by atoms with Gasteiger partial charge in [0.2, 0.25) is 5.95 Å². The summed E-state index contributed by atoms with van der Waals surface area (Å²) in [6, 6.07) is 4.05. The number of aromatic nitrogens is 3. The van der Waals surface area contributed by atoms with E-state index in [9.17, 15) is 0 Å². The van der Waals surface area contributed by atoms with Gasteiger partial charge in [0.15, 0.2) is 5.76 Å². The summed E-state index contributed by atoms with van der Waals surface area (Å²) in [6.07, 6.45) is 4.29. The highest BCUT2D eigenvalue weighted by Crippen LogP contribution is 2.36. The van der Waals surface area contributed by atoms with Gasteiger partial charge in [-0.2, -0.15) is 0 Å². The second-order valence-corrected chi connectivity index (χ2v) is 6.81. The SMILES string of the molecule is Cc1cc(-c2cnc(N3CCCC3)nc2-c2sccc2C)on1. The number of hydrogen-bond acceptors (Lipinski definition) is 6. The van der Waals surface area contributed by atoms with Gasteiger partial charge in [0.1, 0.15) is 0 Å². The summed E-state index contributed by atoms with van der Waals surface area (Å²) in [4.78, 5) is 12.9. The second kappa shape index (κ2) is 5.77. The molecule has 6 heteroatoms. The van der Waals surface area contributed by atoms with Crippen molar-refractivity contribution in [1.82, 2.24) is 15.1 Å². The molecule has 1 aliphatic rings. The van der Waals surface area contributed by atoms with E-state index >= 15 is 0 Å². The monoisotopic (exact) mass is 326 g/mol. The first kappa shape index (κ1) is 14.4.